The van der Waals surface area contributed by atoms with Gasteiger partial charge in [0.05, 0.1) is 0 Å². The molecule has 3 heteroatoms. The third kappa shape index (κ3) is 1.10. The molecule has 3 nitrogen and oxygen atoms in total. The molecule has 0 saturated heterocycles. The van der Waals surface area contributed by atoms with Gasteiger partial charge in [-0.1, -0.05) is 13.0 Å². The van der Waals surface area contributed by atoms with Crippen LogP contribution in [0.15, 0.2) is 12.7 Å². The molecule has 0 spiro atoms. The molecule has 0 amide bonds. The molecule has 1 aliphatic carbocycles. The highest BCUT2D eigenvalue weighted by atomic mass is 16.3. The van der Waals surface area contributed by atoms with E-state index in [1.165, 1.54) is 6.08 Å². The highest BCUT2D eigenvalue weighted by Gasteiger charge is 2.47. The lowest BCUT2D eigenvalue weighted by Gasteiger charge is -2.20. The largest absolute Gasteiger partial charge is 0.385 e. The lowest BCUT2D eigenvalue weighted by Crippen LogP contribution is -2.29. The maximum absolute atomic E-state index is 10.9. The van der Waals surface area contributed by atoms with Crippen LogP contribution in [-0.4, -0.2) is 28.2 Å². The van der Waals surface area contributed by atoms with E-state index >= 15 is 0 Å². The van der Waals surface area contributed by atoms with Gasteiger partial charge in [-0.2, -0.15) is 0 Å². The molecule has 0 aromatic carbocycles. The molecule has 1 saturated carbocycles. The number of hydrogen-bond acceptors (Lipinski definition) is 3. The van der Waals surface area contributed by atoms with Crippen molar-refractivity contribution >= 4 is 5.78 Å². The number of Topliss-reactive ketones (excluding diaryl/α,β-unsaturated/α-hetero) is 1. The van der Waals surface area contributed by atoms with Gasteiger partial charge >= 0.3 is 0 Å². The molecule has 11 heavy (non-hydrogen) atoms. The number of hydrogen-bond donors (Lipinski definition) is 2. The van der Waals surface area contributed by atoms with Gasteiger partial charge in [0.2, 0.25) is 0 Å². The minimum absolute atomic E-state index is 0.274. The Kier molecular flexibility index (Phi) is 1.86. The smallest absolute Gasteiger partial charge is 0.190 e. The van der Waals surface area contributed by atoms with Crippen LogP contribution >= 0.6 is 0 Å². The maximum atomic E-state index is 10.9. The van der Waals surface area contributed by atoms with Crippen LogP contribution in [0, 0.1) is 5.41 Å². The molecule has 0 bridgehead atoms. The van der Waals surface area contributed by atoms with E-state index in [9.17, 15) is 9.90 Å². The van der Waals surface area contributed by atoms with Crippen LogP contribution < -0.4 is 0 Å². The highest BCUT2D eigenvalue weighted by molar-refractivity contribution is 5.90. The fraction of sp³-hybridized carbons (Fsp3) is 0.625. The van der Waals surface area contributed by atoms with Gasteiger partial charge < -0.3 is 10.2 Å². The van der Waals surface area contributed by atoms with Crippen molar-refractivity contribution in [1.29, 1.82) is 0 Å². The fourth-order valence-corrected chi connectivity index (χ4v) is 1.33. The number of rotatable bonds is 1. The van der Waals surface area contributed by atoms with Gasteiger partial charge in [-0.05, 0) is 6.42 Å². The third-order valence-electron chi connectivity index (χ3n) is 2.32. The predicted molar refractivity (Wildman–Crippen MR) is 39.9 cm³/mol. The Balaban J connectivity index is 2.90. The zero-order valence-corrected chi connectivity index (χ0v) is 6.45. The van der Waals surface area contributed by atoms with Gasteiger partial charge in [0.25, 0.3) is 0 Å². The standard InChI is InChI=1S/C8H12O3/c1-3-8(2)4-5(9)6(10)7(8)11/h3,5,7,9,11H,1,4H2,2H3. The van der Waals surface area contributed by atoms with Gasteiger partial charge in [0, 0.05) is 5.41 Å². The van der Waals surface area contributed by atoms with Gasteiger partial charge in [0.15, 0.2) is 5.78 Å². The summed E-state index contributed by atoms with van der Waals surface area (Å²) in [7, 11) is 0. The average Bonchev–Trinajstić information content (AvgIpc) is 2.17. The van der Waals surface area contributed by atoms with Crippen molar-refractivity contribution in [1.82, 2.24) is 0 Å². The molecular formula is C8H12O3. The second kappa shape index (κ2) is 2.43. The summed E-state index contributed by atoms with van der Waals surface area (Å²) in [4.78, 5) is 10.9. The summed E-state index contributed by atoms with van der Waals surface area (Å²) in [5.41, 5.74) is -0.642. The van der Waals surface area contributed by atoms with Gasteiger partial charge in [-0.3, -0.25) is 4.79 Å². The lowest BCUT2D eigenvalue weighted by molar-refractivity contribution is -0.132. The first-order chi connectivity index (χ1) is 5.01. The first kappa shape index (κ1) is 8.43. The summed E-state index contributed by atoms with van der Waals surface area (Å²) in [5, 5.41) is 18.4. The van der Waals surface area contributed by atoms with E-state index in [2.05, 4.69) is 6.58 Å². The molecule has 1 rings (SSSR count). The van der Waals surface area contributed by atoms with E-state index in [1.807, 2.05) is 0 Å². The normalized spacial score (nSPS) is 44.5. The molecule has 3 unspecified atom stereocenters. The second-order valence-electron chi connectivity index (χ2n) is 3.23. The molecule has 3 atom stereocenters. The van der Waals surface area contributed by atoms with Gasteiger partial charge in [-0.15, -0.1) is 6.58 Å². The first-order valence-electron chi connectivity index (χ1n) is 3.55. The van der Waals surface area contributed by atoms with Crippen LogP contribution in [0.25, 0.3) is 0 Å². The minimum atomic E-state index is -1.09. The van der Waals surface area contributed by atoms with Gasteiger partial charge in [0.1, 0.15) is 12.2 Å². The Morgan fingerprint density at radius 3 is 2.45 bits per heavy atom. The molecule has 0 aromatic heterocycles. The highest BCUT2D eigenvalue weighted by Crippen LogP contribution is 2.36. The molecule has 0 aliphatic heterocycles. The zero-order valence-electron chi connectivity index (χ0n) is 6.45. The van der Waals surface area contributed by atoms with Crippen molar-refractivity contribution in [2.24, 2.45) is 5.41 Å². The van der Waals surface area contributed by atoms with Crippen LogP contribution in [-0.2, 0) is 4.79 Å². The summed E-state index contributed by atoms with van der Waals surface area (Å²) in [6.07, 6.45) is -0.314. The Bertz CT molecular complexity index is 200. The van der Waals surface area contributed by atoms with E-state index in [0.717, 1.165) is 0 Å². The number of carbonyl (C=O) groups excluding carboxylic acids is 1. The predicted octanol–water partition coefficient (Wildman–Crippen LogP) is -0.127. The summed E-state index contributed by atoms with van der Waals surface area (Å²) < 4.78 is 0. The lowest BCUT2D eigenvalue weighted by atomic mass is 9.87. The number of carbonyl (C=O) groups is 1. The zero-order chi connectivity index (χ0) is 8.65. The van der Waals surface area contributed by atoms with Crippen LogP contribution in [0.5, 0.6) is 0 Å². The van der Waals surface area contributed by atoms with Crippen molar-refractivity contribution in [2.45, 2.75) is 25.6 Å². The van der Waals surface area contributed by atoms with E-state index in [1.54, 1.807) is 6.92 Å². The van der Waals surface area contributed by atoms with Crippen molar-refractivity contribution in [3.8, 4) is 0 Å². The molecule has 1 fully saturated rings. The molecule has 62 valence electrons. The Labute approximate surface area is 65.3 Å². The van der Waals surface area contributed by atoms with E-state index < -0.39 is 23.4 Å². The Morgan fingerprint density at radius 2 is 2.27 bits per heavy atom. The van der Waals surface area contributed by atoms with Crippen molar-refractivity contribution in [2.75, 3.05) is 0 Å². The van der Waals surface area contributed by atoms with E-state index in [0.29, 0.717) is 0 Å². The average molecular weight is 156 g/mol. The Morgan fingerprint density at radius 1 is 1.73 bits per heavy atom. The van der Waals surface area contributed by atoms with Crippen molar-refractivity contribution in [3.63, 3.8) is 0 Å². The number of aliphatic hydroxyl groups is 2. The molecule has 0 heterocycles. The van der Waals surface area contributed by atoms with E-state index in [4.69, 9.17) is 5.11 Å². The topological polar surface area (TPSA) is 57.5 Å². The molecule has 0 aromatic rings. The Hall–Kier alpha value is -0.670. The molecular weight excluding hydrogens is 144 g/mol. The second-order valence-corrected chi connectivity index (χ2v) is 3.23. The maximum Gasteiger partial charge on any atom is 0.190 e. The summed E-state index contributed by atoms with van der Waals surface area (Å²) in [6, 6.07) is 0. The molecule has 2 N–H and O–H groups in total. The summed E-state index contributed by atoms with van der Waals surface area (Å²) in [6.45, 7) is 5.22. The minimum Gasteiger partial charge on any atom is -0.385 e. The van der Waals surface area contributed by atoms with Crippen LogP contribution in [0.1, 0.15) is 13.3 Å². The molecule has 0 radical (unpaired) electrons. The molecule has 1 aliphatic rings. The summed E-state index contributed by atoms with van der Waals surface area (Å²) in [5.74, 6) is -0.493. The quantitative estimate of drug-likeness (QED) is 0.520. The monoisotopic (exact) mass is 156 g/mol. The van der Waals surface area contributed by atoms with Crippen LogP contribution in [0.3, 0.4) is 0 Å². The van der Waals surface area contributed by atoms with Crippen LogP contribution in [0.4, 0.5) is 0 Å². The number of ketones is 1. The van der Waals surface area contributed by atoms with E-state index in [-0.39, 0.29) is 6.42 Å². The fourth-order valence-electron chi connectivity index (χ4n) is 1.33. The number of aliphatic hydroxyl groups excluding tert-OH is 2. The van der Waals surface area contributed by atoms with Crippen LogP contribution in [0.2, 0.25) is 0 Å². The third-order valence-corrected chi connectivity index (χ3v) is 2.32. The SMILES string of the molecule is C=CC1(C)CC(O)C(=O)C1O. The first-order valence-corrected chi connectivity index (χ1v) is 3.55. The van der Waals surface area contributed by atoms with Crippen molar-refractivity contribution < 1.29 is 15.0 Å². The summed E-state index contributed by atoms with van der Waals surface area (Å²) >= 11 is 0. The van der Waals surface area contributed by atoms with Crippen molar-refractivity contribution in [3.05, 3.63) is 12.7 Å². The van der Waals surface area contributed by atoms with Gasteiger partial charge in [-0.25, -0.2) is 0 Å².